The van der Waals surface area contributed by atoms with Gasteiger partial charge in [0.15, 0.2) is 0 Å². The van der Waals surface area contributed by atoms with Gasteiger partial charge in [-0.3, -0.25) is 9.36 Å². The highest BCUT2D eigenvalue weighted by molar-refractivity contribution is 7.16. The van der Waals surface area contributed by atoms with Crippen molar-refractivity contribution in [1.82, 2.24) is 4.57 Å². The number of esters is 1. The zero-order valence-electron chi connectivity index (χ0n) is 21.7. The van der Waals surface area contributed by atoms with Gasteiger partial charge in [-0.25, -0.2) is 9.79 Å². The number of nitrogens with zero attached hydrogens (tertiary/aromatic N) is 2. The van der Waals surface area contributed by atoms with Crippen LogP contribution in [0.5, 0.6) is 11.6 Å². The minimum Gasteiger partial charge on any atom is -0.497 e. The van der Waals surface area contributed by atoms with Crippen molar-refractivity contribution in [2.45, 2.75) is 39.7 Å². The standard InChI is InChI=1S/C30H30N2O5S/c1-4-37-30(35)26-23-14-9-18(2)15-25(23)38-27(26)31-16-24-21-7-5-6-8-22(21)28(33)32(29(24)34)17-19-10-12-20(36-3)13-11-19/h5-8,10-13,16,18,34H,4,9,14-15,17H2,1-3H3/b31-16+. The van der Waals surface area contributed by atoms with Crippen LogP contribution in [0.1, 0.15) is 52.2 Å². The number of methoxy groups -OCH3 is 1. The number of pyridine rings is 1. The van der Waals surface area contributed by atoms with E-state index in [9.17, 15) is 14.7 Å². The minimum atomic E-state index is -0.370. The summed E-state index contributed by atoms with van der Waals surface area (Å²) in [6.45, 7) is 4.47. The second kappa shape index (κ2) is 10.8. The lowest BCUT2D eigenvalue weighted by atomic mass is 9.88. The molecule has 0 aliphatic heterocycles. The first kappa shape index (κ1) is 25.7. The number of aromatic hydroxyl groups is 1. The molecule has 2 heterocycles. The highest BCUT2D eigenvalue weighted by Gasteiger charge is 2.28. The number of aliphatic imine (C=N–C) groups is 1. The molecule has 0 fully saturated rings. The van der Waals surface area contributed by atoms with Crippen LogP contribution in [0.3, 0.4) is 0 Å². The fraction of sp³-hybridized carbons (Fsp3) is 0.300. The summed E-state index contributed by atoms with van der Waals surface area (Å²) in [6.07, 6.45) is 4.30. The summed E-state index contributed by atoms with van der Waals surface area (Å²) in [5, 5.41) is 13.0. The summed E-state index contributed by atoms with van der Waals surface area (Å²) in [5.74, 6) is 0.704. The van der Waals surface area contributed by atoms with E-state index in [1.54, 1.807) is 38.4 Å². The first-order valence-corrected chi connectivity index (χ1v) is 13.6. The van der Waals surface area contributed by atoms with Crippen molar-refractivity contribution in [3.8, 4) is 11.6 Å². The topological polar surface area (TPSA) is 90.1 Å². The van der Waals surface area contributed by atoms with E-state index < -0.39 is 0 Å². The normalized spacial score (nSPS) is 15.1. The molecule has 1 aliphatic rings. The number of aromatic nitrogens is 1. The molecule has 0 bridgehead atoms. The Morgan fingerprint density at radius 2 is 1.92 bits per heavy atom. The summed E-state index contributed by atoms with van der Waals surface area (Å²) in [5.41, 5.74) is 2.51. The van der Waals surface area contributed by atoms with Crippen LogP contribution in [0.2, 0.25) is 0 Å². The predicted molar refractivity (Wildman–Crippen MR) is 151 cm³/mol. The van der Waals surface area contributed by atoms with Crippen molar-refractivity contribution in [3.63, 3.8) is 0 Å². The van der Waals surface area contributed by atoms with Gasteiger partial charge in [-0.15, -0.1) is 11.3 Å². The van der Waals surface area contributed by atoms with E-state index >= 15 is 0 Å². The fourth-order valence-electron chi connectivity index (χ4n) is 4.96. The van der Waals surface area contributed by atoms with Gasteiger partial charge >= 0.3 is 5.97 Å². The quantitative estimate of drug-likeness (QED) is 0.238. The molecule has 1 N–H and O–H groups in total. The number of benzene rings is 2. The van der Waals surface area contributed by atoms with E-state index in [1.807, 2.05) is 30.3 Å². The molecule has 0 saturated heterocycles. The van der Waals surface area contributed by atoms with Crippen LogP contribution < -0.4 is 10.3 Å². The molecule has 0 radical (unpaired) electrons. The van der Waals surface area contributed by atoms with Crippen LogP contribution in [0.25, 0.3) is 10.8 Å². The Kier molecular flexibility index (Phi) is 7.33. The van der Waals surface area contributed by atoms with E-state index in [4.69, 9.17) is 14.5 Å². The molecule has 7 nitrogen and oxygen atoms in total. The highest BCUT2D eigenvalue weighted by atomic mass is 32.1. The summed E-state index contributed by atoms with van der Waals surface area (Å²) >= 11 is 1.50. The first-order valence-electron chi connectivity index (χ1n) is 12.7. The van der Waals surface area contributed by atoms with Gasteiger partial charge < -0.3 is 14.6 Å². The summed E-state index contributed by atoms with van der Waals surface area (Å²) in [7, 11) is 1.60. The molecular formula is C30H30N2O5S. The predicted octanol–water partition coefficient (Wildman–Crippen LogP) is 5.88. The van der Waals surface area contributed by atoms with Crippen LogP contribution in [0.15, 0.2) is 58.3 Å². The van der Waals surface area contributed by atoms with Crippen LogP contribution >= 0.6 is 11.3 Å². The van der Waals surface area contributed by atoms with E-state index in [0.717, 1.165) is 35.3 Å². The minimum absolute atomic E-state index is 0.180. The SMILES string of the molecule is CCOC(=O)c1c(/N=C/c2c(O)n(Cc3ccc(OC)cc3)c(=O)c3ccccc23)sc2c1CCC(C)C2. The van der Waals surface area contributed by atoms with Crippen LogP contribution in [0.4, 0.5) is 5.00 Å². The van der Waals surface area contributed by atoms with E-state index in [0.29, 0.717) is 38.6 Å². The van der Waals surface area contributed by atoms with Crippen LogP contribution in [-0.4, -0.2) is 35.6 Å². The smallest absolute Gasteiger partial charge is 0.341 e. The molecule has 0 saturated carbocycles. The average Bonchev–Trinajstić information content (AvgIpc) is 3.29. The molecule has 5 rings (SSSR count). The molecule has 38 heavy (non-hydrogen) atoms. The van der Waals surface area contributed by atoms with Gasteiger partial charge in [0.2, 0.25) is 5.88 Å². The van der Waals surface area contributed by atoms with Crippen molar-refractivity contribution in [1.29, 1.82) is 0 Å². The van der Waals surface area contributed by atoms with Gasteiger partial charge in [0.25, 0.3) is 5.56 Å². The van der Waals surface area contributed by atoms with Gasteiger partial charge in [-0.05, 0) is 61.4 Å². The molecule has 2 aromatic carbocycles. The van der Waals surface area contributed by atoms with E-state index in [1.165, 1.54) is 15.9 Å². The molecule has 8 heteroatoms. The zero-order valence-corrected chi connectivity index (χ0v) is 22.5. The van der Waals surface area contributed by atoms with Gasteiger partial charge in [-0.1, -0.05) is 37.3 Å². The maximum absolute atomic E-state index is 13.4. The summed E-state index contributed by atoms with van der Waals surface area (Å²) < 4.78 is 11.9. The second-order valence-electron chi connectivity index (χ2n) is 9.53. The third kappa shape index (κ3) is 4.84. The third-order valence-electron chi connectivity index (χ3n) is 6.97. The van der Waals surface area contributed by atoms with Crippen molar-refractivity contribution in [2.75, 3.05) is 13.7 Å². The molecule has 1 unspecified atom stereocenters. The molecule has 0 amide bonds. The molecule has 1 atom stereocenters. The molecule has 0 spiro atoms. The lowest BCUT2D eigenvalue weighted by Gasteiger charge is -2.18. The lowest BCUT2D eigenvalue weighted by Crippen LogP contribution is -2.22. The Balaban J connectivity index is 1.62. The first-order chi connectivity index (χ1) is 18.4. The van der Waals surface area contributed by atoms with Crippen LogP contribution in [-0.2, 0) is 24.1 Å². The van der Waals surface area contributed by atoms with Crippen molar-refractivity contribution in [3.05, 3.63) is 86.0 Å². The van der Waals surface area contributed by atoms with Gasteiger partial charge in [0, 0.05) is 21.9 Å². The second-order valence-corrected chi connectivity index (χ2v) is 10.6. The number of carbonyl (C=O) groups is 1. The number of carbonyl (C=O) groups excluding carboxylic acids is 1. The van der Waals surface area contributed by atoms with Crippen LogP contribution in [0, 0.1) is 5.92 Å². The number of thiophene rings is 1. The Hall–Kier alpha value is -3.91. The lowest BCUT2D eigenvalue weighted by molar-refractivity contribution is 0.0526. The molecular weight excluding hydrogens is 500 g/mol. The number of fused-ring (bicyclic) bond motifs is 2. The zero-order chi connectivity index (χ0) is 26.8. The Bertz CT molecular complexity index is 1580. The molecule has 4 aromatic rings. The monoisotopic (exact) mass is 530 g/mol. The Morgan fingerprint density at radius 3 is 2.63 bits per heavy atom. The Morgan fingerprint density at radius 1 is 1.18 bits per heavy atom. The highest BCUT2D eigenvalue weighted by Crippen LogP contribution is 2.41. The van der Waals surface area contributed by atoms with Crippen molar-refractivity contribution < 1.29 is 19.4 Å². The molecule has 196 valence electrons. The number of hydrogen-bond acceptors (Lipinski definition) is 7. The molecule has 2 aromatic heterocycles. The summed E-state index contributed by atoms with van der Waals surface area (Å²) in [6, 6.07) is 14.5. The van der Waals surface area contributed by atoms with E-state index in [-0.39, 0.29) is 30.6 Å². The Labute approximate surface area is 225 Å². The average molecular weight is 531 g/mol. The molecule has 1 aliphatic carbocycles. The summed E-state index contributed by atoms with van der Waals surface area (Å²) in [4.78, 5) is 32.2. The largest absolute Gasteiger partial charge is 0.497 e. The third-order valence-corrected chi connectivity index (χ3v) is 8.14. The maximum Gasteiger partial charge on any atom is 0.341 e. The number of hydrogen-bond donors (Lipinski definition) is 1. The fourth-order valence-corrected chi connectivity index (χ4v) is 6.31. The maximum atomic E-state index is 13.4. The van der Waals surface area contributed by atoms with Crippen molar-refractivity contribution >= 4 is 39.3 Å². The van der Waals surface area contributed by atoms with Crippen molar-refractivity contribution in [2.24, 2.45) is 10.9 Å². The van der Waals surface area contributed by atoms with Gasteiger partial charge in [0.1, 0.15) is 10.8 Å². The van der Waals surface area contributed by atoms with Gasteiger partial charge in [-0.2, -0.15) is 0 Å². The van der Waals surface area contributed by atoms with E-state index in [2.05, 4.69) is 6.92 Å². The number of rotatable bonds is 7. The number of ether oxygens (including phenoxy) is 2. The van der Waals surface area contributed by atoms with Gasteiger partial charge in [0.05, 0.1) is 31.4 Å².